The van der Waals surface area contributed by atoms with Crippen molar-refractivity contribution in [3.63, 3.8) is 0 Å². The van der Waals surface area contributed by atoms with E-state index in [4.69, 9.17) is 5.73 Å². The first-order chi connectivity index (χ1) is 8.15. The van der Waals surface area contributed by atoms with Crippen LogP contribution in [0.15, 0.2) is 24.3 Å². The maximum Gasteiger partial charge on any atom is 0.220 e. The lowest BCUT2D eigenvalue weighted by Gasteiger charge is -2.12. The molecule has 3 heteroatoms. The predicted molar refractivity (Wildman–Crippen MR) is 70.5 cm³/mol. The van der Waals surface area contributed by atoms with Gasteiger partial charge >= 0.3 is 0 Å². The molecule has 1 aromatic carbocycles. The molecule has 3 nitrogen and oxygen atoms in total. The van der Waals surface area contributed by atoms with Gasteiger partial charge in [0.15, 0.2) is 0 Å². The number of amides is 1. The van der Waals surface area contributed by atoms with Gasteiger partial charge in [0.25, 0.3) is 0 Å². The highest BCUT2D eigenvalue weighted by atomic mass is 16.1. The van der Waals surface area contributed by atoms with Crippen LogP contribution < -0.4 is 11.1 Å². The number of carbonyl (C=O) groups excluding carboxylic acids is 1. The van der Waals surface area contributed by atoms with Gasteiger partial charge in [-0.3, -0.25) is 4.79 Å². The monoisotopic (exact) mass is 234 g/mol. The van der Waals surface area contributed by atoms with E-state index in [1.165, 1.54) is 5.56 Å². The normalized spacial score (nSPS) is 12.2. The highest BCUT2D eigenvalue weighted by Gasteiger charge is 2.09. The van der Waals surface area contributed by atoms with E-state index in [9.17, 15) is 4.79 Å². The van der Waals surface area contributed by atoms with Crippen molar-refractivity contribution in [1.82, 2.24) is 5.32 Å². The van der Waals surface area contributed by atoms with Crippen molar-refractivity contribution >= 4 is 5.91 Å². The number of hydrogen-bond donors (Lipinski definition) is 2. The van der Waals surface area contributed by atoms with Crippen LogP contribution in [0, 0.1) is 12.8 Å². The molecule has 0 radical (unpaired) electrons. The molecule has 0 saturated carbocycles. The Kier molecular flexibility index (Phi) is 5.70. The summed E-state index contributed by atoms with van der Waals surface area (Å²) >= 11 is 0. The molecule has 0 aliphatic rings. The first-order valence-corrected chi connectivity index (χ1v) is 6.18. The summed E-state index contributed by atoms with van der Waals surface area (Å²) in [5, 5.41) is 2.93. The Labute approximate surface area is 103 Å². The smallest absolute Gasteiger partial charge is 0.220 e. The van der Waals surface area contributed by atoms with E-state index in [0.29, 0.717) is 25.4 Å². The number of nitrogens with two attached hydrogens (primary N) is 1. The van der Waals surface area contributed by atoms with Crippen molar-refractivity contribution in [2.75, 3.05) is 6.54 Å². The van der Waals surface area contributed by atoms with Gasteiger partial charge in [-0.25, -0.2) is 0 Å². The molecule has 0 spiro atoms. The van der Waals surface area contributed by atoms with Crippen molar-refractivity contribution in [3.8, 4) is 0 Å². The highest BCUT2D eigenvalue weighted by molar-refractivity contribution is 5.76. The number of aryl methyl sites for hydroxylation is 1. The van der Waals surface area contributed by atoms with E-state index in [-0.39, 0.29) is 5.91 Å². The van der Waals surface area contributed by atoms with Gasteiger partial charge in [0.1, 0.15) is 0 Å². The zero-order chi connectivity index (χ0) is 12.7. The second-order valence-corrected chi connectivity index (χ2v) is 4.48. The molecule has 0 saturated heterocycles. The lowest BCUT2D eigenvalue weighted by atomic mass is 10.0. The number of nitrogens with one attached hydrogen (secondary N) is 1. The zero-order valence-corrected chi connectivity index (χ0v) is 10.7. The predicted octanol–water partition coefficient (Wildman–Crippen LogP) is 1.99. The maximum absolute atomic E-state index is 11.7. The van der Waals surface area contributed by atoms with E-state index in [1.807, 2.05) is 25.1 Å². The molecule has 0 aliphatic heterocycles. The summed E-state index contributed by atoms with van der Waals surface area (Å²) in [6.07, 6.45) is 1.48. The second kappa shape index (κ2) is 7.07. The summed E-state index contributed by atoms with van der Waals surface area (Å²) in [4.78, 5) is 11.7. The molecule has 1 unspecified atom stereocenters. The van der Waals surface area contributed by atoms with Gasteiger partial charge < -0.3 is 11.1 Å². The molecule has 1 amide bonds. The molecule has 17 heavy (non-hydrogen) atoms. The number of carbonyl (C=O) groups is 1. The van der Waals surface area contributed by atoms with E-state index in [1.54, 1.807) is 0 Å². The van der Waals surface area contributed by atoms with E-state index in [0.717, 1.165) is 12.0 Å². The van der Waals surface area contributed by atoms with Gasteiger partial charge in [-0.2, -0.15) is 0 Å². The van der Waals surface area contributed by atoms with Crippen molar-refractivity contribution < 1.29 is 4.79 Å². The van der Waals surface area contributed by atoms with E-state index in [2.05, 4.69) is 18.3 Å². The molecule has 1 atom stereocenters. The molecular formula is C14H22N2O. The van der Waals surface area contributed by atoms with Gasteiger partial charge in [0.2, 0.25) is 5.91 Å². The Morgan fingerprint density at radius 2 is 2.24 bits per heavy atom. The minimum atomic E-state index is 0.0869. The van der Waals surface area contributed by atoms with Crippen molar-refractivity contribution in [1.29, 1.82) is 0 Å². The summed E-state index contributed by atoms with van der Waals surface area (Å²) in [7, 11) is 0. The first-order valence-electron chi connectivity index (χ1n) is 6.18. The van der Waals surface area contributed by atoms with Crippen LogP contribution in [0.5, 0.6) is 0 Å². The Hall–Kier alpha value is -1.35. The zero-order valence-electron chi connectivity index (χ0n) is 10.7. The van der Waals surface area contributed by atoms with Crippen LogP contribution >= 0.6 is 0 Å². The third kappa shape index (κ3) is 5.00. The average molecular weight is 234 g/mol. The number of rotatable bonds is 6. The molecule has 0 fully saturated rings. The summed E-state index contributed by atoms with van der Waals surface area (Å²) in [5.74, 6) is 0.385. The standard InChI is InChI=1S/C14H22N2O/c1-3-12(9-15)8-14(17)16-10-13-6-4-5-11(2)7-13/h4-7,12H,3,8-10,15H2,1-2H3,(H,16,17). The maximum atomic E-state index is 11.7. The minimum Gasteiger partial charge on any atom is -0.352 e. The summed E-state index contributed by atoms with van der Waals surface area (Å²) in [6.45, 7) is 5.29. The first kappa shape index (κ1) is 13.7. The Morgan fingerprint density at radius 1 is 1.47 bits per heavy atom. The Balaban J connectivity index is 2.38. The van der Waals surface area contributed by atoms with E-state index >= 15 is 0 Å². The molecule has 0 aromatic heterocycles. The quantitative estimate of drug-likeness (QED) is 0.791. The molecule has 94 valence electrons. The van der Waals surface area contributed by atoms with E-state index < -0.39 is 0 Å². The topological polar surface area (TPSA) is 55.1 Å². The van der Waals surface area contributed by atoms with Crippen molar-refractivity contribution in [2.24, 2.45) is 11.7 Å². The molecule has 0 bridgehead atoms. The molecule has 0 aliphatic carbocycles. The van der Waals surface area contributed by atoms with Gasteiger partial charge in [-0.15, -0.1) is 0 Å². The van der Waals surface area contributed by atoms with Crippen LogP contribution in [-0.4, -0.2) is 12.5 Å². The van der Waals surface area contributed by atoms with Crippen LogP contribution in [0.25, 0.3) is 0 Å². The third-order valence-corrected chi connectivity index (χ3v) is 2.96. The summed E-state index contributed by atoms with van der Waals surface area (Å²) < 4.78 is 0. The molecule has 1 aromatic rings. The Morgan fingerprint density at radius 3 is 2.82 bits per heavy atom. The van der Waals surface area contributed by atoms with Crippen LogP contribution in [0.4, 0.5) is 0 Å². The largest absolute Gasteiger partial charge is 0.352 e. The van der Waals surface area contributed by atoms with Gasteiger partial charge in [-0.1, -0.05) is 43.2 Å². The van der Waals surface area contributed by atoms with Crippen LogP contribution in [-0.2, 0) is 11.3 Å². The van der Waals surface area contributed by atoms with Gasteiger partial charge in [0, 0.05) is 13.0 Å². The summed E-state index contributed by atoms with van der Waals surface area (Å²) in [5.41, 5.74) is 7.93. The Bertz CT molecular complexity index is 359. The number of benzene rings is 1. The van der Waals surface area contributed by atoms with Crippen molar-refractivity contribution in [3.05, 3.63) is 35.4 Å². The molecule has 0 heterocycles. The molecule has 1 rings (SSSR count). The average Bonchev–Trinajstić information content (AvgIpc) is 2.33. The summed E-state index contributed by atoms with van der Waals surface area (Å²) in [6, 6.07) is 8.16. The third-order valence-electron chi connectivity index (χ3n) is 2.96. The minimum absolute atomic E-state index is 0.0869. The van der Waals surface area contributed by atoms with Crippen LogP contribution in [0.2, 0.25) is 0 Å². The number of hydrogen-bond acceptors (Lipinski definition) is 2. The lowest BCUT2D eigenvalue weighted by Crippen LogP contribution is -2.27. The van der Waals surface area contributed by atoms with Gasteiger partial charge in [0.05, 0.1) is 0 Å². The lowest BCUT2D eigenvalue weighted by molar-refractivity contribution is -0.122. The van der Waals surface area contributed by atoms with Crippen LogP contribution in [0.3, 0.4) is 0 Å². The second-order valence-electron chi connectivity index (χ2n) is 4.48. The SMILES string of the molecule is CCC(CN)CC(=O)NCc1cccc(C)c1. The fourth-order valence-corrected chi connectivity index (χ4v) is 1.75. The fraction of sp³-hybridized carbons (Fsp3) is 0.500. The molecule has 3 N–H and O–H groups in total. The highest BCUT2D eigenvalue weighted by Crippen LogP contribution is 2.07. The van der Waals surface area contributed by atoms with Crippen LogP contribution in [0.1, 0.15) is 30.9 Å². The molecular weight excluding hydrogens is 212 g/mol. The van der Waals surface area contributed by atoms with Crippen molar-refractivity contribution in [2.45, 2.75) is 33.2 Å². The van der Waals surface area contributed by atoms with Gasteiger partial charge in [-0.05, 0) is 24.9 Å². The fourth-order valence-electron chi connectivity index (χ4n) is 1.75.